The maximum Gasteiger partial charge on any atom is 0.316 e. The van der Waals surface area contributed by atoms with Gasteiger partial charge in [-0.05, 0) is 30.2 Å². The molecule has 0 bridgehead atoms. The van der Waals surface area contributed by atoms with E-state index in [1.54, 1.807) is 13.3 Å². The van der Waals surface area contributed by atoms with Crippen molar-refractivity contribution in [2.45, 2.75) is 30.6 Å². The second-order valence-electron chi connectivity index (χ2n) is 7.92. The van der Waals surface area contributed by atoms with E-state index >= 15 is 0 Å². The first-order valence-corrected chi connectivity index (χ1v) is 10.5. The van der Waals surface area contributed by atoms with Crippen LogP contribution < -0.4 is 4.74 Å². The molecule has 2 atom stereocenters. The van der Waals surface area contributed by atoms with Crippen LogP contribution in [-0.4, -0.2) is 27.0 Å². The van der Waals surface area contributed by atoms with Gasteiger partial charge < -0.3 is 4.74 Å². The van der Waals surface area contributed by atoms with Crippen molar-refractivity contribution in [3.05, 3.63) is 114 Å². The average molecular weight is 409 g/mol. The number of aromatic nitrogens is 4. The lowest BCUT2D eigenvalue weighted by Gasteiger charge is -2.52. The quantitative estimate of drug-likeness (QED) is 0.463. The molecule has 0 N–H and O–H groups in total. The average Bonchev–Trinajstić information content (AvgIpc) is 2.80. The third-order valence-electron chi connectivity index (χ3n) is 6.23. The standard InChI is InChI=1S/C26H24N4O/c1-17-27-15-13-20(29-17)24-22(18-9-5-3-6-10-18)25(21-14-16-28-26(30-21)31-2)23(24)19-11-7-4-8-12-19/h3-16,22-25H,1-2H3/t22-,23-,24?,25?/m1/s1. The molecule has 154 valence electrons. The largest absolute Gasteiger partial charge is 0.467 e. The van der Waals surface area contributed by atoms with E-state index in [9.17, 15) is 0 Å². The maximum atomic E-state index is 5.34. The van der Waals surface area contributed by atoms with Crippen LogP contribution in [-0.2, 0) is 0 Å². The summed E-state index contributed by atoms with van der Waals surface area (Å²) in [4.78, 5) is 18.1. The molecule has 0 spiro atoms. The third-order valence-corrected chi connectivity index (χ3v) is 6.23. The summed E-state index contributed by atoms with van der Waals surface area (Å²) < 4.78 is 5.34. The van der Waals surface area contributed by atoms with Crippen molar-refractivity contribution in [2.24, 2.45) is 0 Å². The summed E-state index contributed by atoms with van der Waals surface area (Å²) in [6.45, 7) is 1.95. The minimum absolute atomic E-state index is 0.182. The van der Waals surface area contributed by atoms with Crippen molar-refractivity contribution >= 4 is 0 Å². The van der Waals surface area contributed by atoms with Crippen molar-refractivity contribution in [2.75, 3.05) is 7.11 Å². The predicted molar refractivity (Wildman–Crippen MR) is 119 cm³/mol. The van der Waals surface area contributed by atoms with Crippen molar-refractivity contribution < 1.29 is 4.74 Å². The number of hydrogen-bond donors (Lipinski definition) is 0. The molecule has 0 radical (unpaired) electrons. The van der Waals surface area contributed by atoms with Gasteiger partial charge in [0.15, 0.2) is 0 Å². The van der Waals surface area contributed by atoms with Crippen LogP contribution in [0.15, 0.2) is 85.2 Å². The van der Waals surface area contributed by atoms with Gasteiger partial charge in [-0.15, -0.1) is 0 Å². The zero-order valence-electron chi connectivity index (χ0n) is 17.6. The summed E-state index contributed by atoms with van der Waals surface area (Å²) in [7, 11) is 1.61. The number of nitrogens with zero attached hydrogens (tertiary/aromatic N) is 4. The topological polar surface area (TPSA) is 60.8 Å². The number of methoxy groups -OCH3 is 1. The Morgan fingerprint density at radius 2 is 1.13 bits per heavy atom. The zero-order valence-corrected chi connectivity index (χ0v) is 17.6. The molecule has 2 heterocycles. The van der Waals surface area contributed by atoms with Crippen molar-refractivity contribution in [1.29, 1.82) is 0 Å². The molecular formula is C26H24N4O. The van der Waals surface area contributed by atoms with Gasteiger partial charge in [-0.1, -0.05) is 60.7 Å². The number of hydrogen-bond acceptors (Lipinski definition) is 5. The Morgan fingerprint density at radius 1 is 0.613 bits per heavy atom. The highest BCUT2D eigenvalue weighted by Gasteiger charge is 2.54. The van der Waals surface area contributed by atoms with Gasteiger partial charge in [-0.25, -0.2) is 15.0 Å². The number of rotatable bonds is 5. The molecule has 1 aliphatic rings. The van der Waals surface area contributed by atoms with Gasteiger partial charge in [0, 0.05) is 41.8 Å². The fourth-order valence-electron chi connectivity index (χ4n) is 4.96. The zero-order chi connectivity index (χ0) is 21.2. The van der Waals surface area contributed by atoms with Crippen LogP contribution >= 0.6 is 0 Å². The Bertz CT molecular complexity index is 1120. The van der Waals surface area contributed by atoms with Crippen LogP contribution in [0.4, 0.5) is 0 Å². The number of aryl methyl sites for hydroxylation is 1. The second kappa shape index (κ2) is 8.26. The van der Waals surface area contributed by atoms with Gasteiger partial charge in [0.2, 0.25) is 0 Å². The molecule has 0 amide bonds. The molecule has 5 rings (SSSR count). The molecule has 0 unspecified atom stereocenters. The predicted octanol–water partition coefficient (Wildman–Crippen LogP) is 5.03. The summed E-state index contributed by atoms with van der Waals surface area (Å²) in [6, 6.07) is 25.8. The Morgan fingerprint density at radius 3 is 1.65 bits per heavy atom. The second-order valence-corrected chi connectivity index (χ2v) is 7.92. The number of ether oxygens (including phenoxy) is 1. The molecule has 1 aliphatic carbocycles. The van der Waals surface area contributed by atoms with Crippen LogP contribution in [0.25, 0.3) is 0 Å². The van der Waals surface area contributed by atoms with Gasteiger partial charge in [-0.2, -0.15) is 4.98 Å². The Balaban J connectivity index is 1.69. The lowest BCUT2D eigenvalue weighted by atomic mass is 9.50. The molecule has 5 heteroatoms. The van der Waals surface area contributed by atoms with Crippen LogP contribution in [0.1, 0.15) is 52.0 Å². The highest BCUT2D eigenvalue weighted by molar-refractivity contribution is 5.45. The molecule has 1 fully saturated rings. The van der Waals surface area contributed by atoms with Crippen LogP contribution in [0.2, 0.25) is 0 Å². The highest BCUT2D eigenvalue weighted by Crippen LogP contribution is 2.65. The maximum absolute atomic E-state index is 5.34. The van der Waals surface area contributed by atoms with Crippen LogP contribution in [0.3, 0.4) is 0 Å². The van der Waals surface area contributed by atoms with E-state index < -0.39 is 0 Å². The van der Waals surface area contributed by atoms with Crippen molar-refractivity contribution in [3.8, 4) is 6.01 Å². The molecular weight excluding hydrogens is 384 g/mol. The molecule has 4 aromatic rings. The molecule has 0 aliphatic heterocycles. The summed E-state index contributed by atoms with van der Waals surface area (Å²) in [5, 5.41) is 0. The first kappa shape index (κ1) is 19.4. The van der Waals surface area contributed by atoms with Crippen LogP contribution in [0, 0.1) is 6.92 Å². The van der Waals surface area contributed by atoms with Crippen molar-refractivity contribution in [3.63, 3.8) is 0 Å². The van der Waals surface area contributed by atoms with E-state index in [0.29, 0.717) is 6.01 Å². The Kier molecular flexibility index (Phi) is 5.16. The van der Waals surface area contributed by atoms with E-state index in [1.165, 1.54) is 11.1 Å². The lowest BCUT2D eigenvalue weighted by molar-refractivity contribution is 0.217. The first-order chi connectivity index (χ1) is 15.3. The summed E-state index contributed by atoms with van der Waals surface area (Å²) >= 11 is 0. The molecule has 31 heavy (non-hydrogen) atoms. The summed E-state index contributed by atoms with van der Waals surface area (Å²) in [6.07, 6.45) is 3.65. The third kappa shape index (κ3) is 3.56. The monoisotopic (exact) mass is 408 g/mol. The van der Waals surface area contributed by atoms with Gasteiger partial charge in [0.05, 0.1) is 12.8 Å². The van der Waals surface area contributed by atoms with E-state index in [2.05, 4.69) is 76.7 Å². The fraction of sp³-hybridized carbons (Fsp3) is 0.231. The SMILES string of the molecule is COc1nccc(C2[C@H](c3ccccc3)C(c3ccnc(C)n3)[C@H]2c2ccccc2)n1. The van der Waals surface area contributed by atoms with Gasteiger partial charge in [-0.3, -0.25) is 0 Å². The van der Waals surface area contributed by atoms with Gasteiger partial charge in [0.1, 0.15) is 5.82 Å². The summed E-state index contributed by atoms with van der Waals surface area (Å²) in [5.74, 6) is 1.67. The number of benzene rings is 2. The van der Waals surface area contributed by atoms with Crippen molar-refractivity contribution in [1.82, 2.24) is 19.9 Å². The van der Waals surface area contributed by atoms with E-state index in [4.69, 9.17) is 14.7 Å². The van der Waals surface area contributed by atoms with E-state index in [0.717, 1.165) is 17.2 Å². The van der Waals surface area contributed by atoms with Crippen LogP contribution in [0.5, 0.6) is 6.01 Å². The molecule has 1 saturated carbocycles. The minimum Gasteiger partial charge on any atom is -0.467 e. The molecule has 2 aromatic carbocycles. The smallest absolute Gasteiger partial charge is 0.316 e. The van der Waals surface area contributed by atoms with E-state index in [1.807, 2.05) is 19.2 Å². The lowest BCUT2D eigenvalue weighted by Crippen LogP contribution is -2.41. The molecule has 0 saturated heterocycles. The molecule has 5 nitrogen and oxygen atoms in total. The Hall–Kier alpha value is -3.60. The Labute approximate surface area is 182 Å². The van der Waals surface area contributed by atoms with E-state index in [-0.39, 0.29) is 23.7 Å². The first-order valence-electron chi connectivity index (χ1n) is 10.5. The minimum atomic E-state index is 0.182. The fourth-order valence-corrected chi connectivity index (χ4v) is 4.96. The van der Waals surface area contributed by atoms with Gasteiger partial charge in [0.25, 0.3) is 0 Å². The molecule has 2 aromatic heterocycles. The van der Waals surface area contributed by atoms with Gasteiger partial charge >= 0.3 is 6.01 Å². The normalized spacial score (nSPS) is 22.5. The summed E-state index contributed by atoms with van der Waals surface area (Å²) in [5.41, 5.74) is 4.65. The highest BCUT2D eigenvalue weighted by atomic mass is 16.5.